The maximum absolute atomic E-state index is 11.6. The van der Waals surface area contributed by atoms with E-state index in [9.17, 15) is 4.79 Å². The second kappa shape index (κ2) is 7.84. The maximum Gasteiger partial charge on any atom is 0.328 e. The number of rotatable bonds is 7. The number of nitrogens with one attached hydrogen (secondary N) is 1. The molecule has 1 aromatic heterocycles. The van der Waals surface area contributed by atoms with Crippen LogP contribution in [0.15, 0.2) is 0 Å². The normalized spacial score (nSPS) is 11.8. The summed E-state index contributed by atoms with van der Waals surface area (Å²) in [7, 11) is 0. The van der Waals surface area contributed by atoms with Gasteiger partial charge in [-0.1, -0.05) is 0 Å². The van der Waals surface area contributed by atoms with Gasteiger partial charge < -0.3 is 15.0 Å². The first-order chi connectivity index (χ1) is 9.51. The van der Waals surface area contributed by atoms with E-state index in [1.54, 1.807) is 13.8 Å². The van der Waals surface area contributed by atoms with Crippen molar-refractivity contribution in [2.45, 2.75) is 33.7 Å². The average molecular weight is 302 g/mol. The number of carbonyl (C=O) groups excluding carboxylic acids is 1. The fourth-order valence-corrected chi connectivity index (χ4v) is 1.73. The lowest BCUT2D eigenvalue weighted by molar-refractivity contribution is -0.143. The molecule has 0 saturated carbocycles. The molecule has 1 heterocycles. The highest BCUT2D eigenvalue weighted by molar-refractivity contribution is 6.28. The zero-order valence-corrected chi connectivity index (χ0v) is 12.9. The summed E-state index contributed by atoms with van der Waals surface area (Å²) >= 11 is 5.89. The number of aromatic nitrogens is 3. The van der Waals surface area contributed by atoms with Gasteiger partial charge in [-0.25, -0.2) is 4.79 Å². The van der Waals surface area contributed by atoms with E-state index in [4.69, 9.17) is 16.3 Å². The summed E-state index contributed by atoms with van der Waals surface area (Å²) in [6, 6.07) is -0.557. The highest BCUT2D eigenvalue weighted by Crippen LogP contribution is 2.14. The number of hydrogen-bond donors (Lipinski definition) is 1. The van der Waals surface area contributed by atoms with E-state index in [0.717, 1.165) is 13.1 Å². The molecule has 0 radical (unpaired) electrons. The molecular weight excluding hydrogens is 282 g/mol. The quantitative estimate of drug-likeness (QED) is 0.768. The zero-order valence-electron chi connectivity index (χ0n) is 12.2. The molecule has 0 bridgehead atoms. The van der Waals surface area contributed by atoms with E-state index in [1.807, 2.05) is 18.7 Å². The van der Waals surface area contributed by atoms with Gasteiger partial charge in [-0.3, -0.25) is 0 Å². The Kier molecular flexibility index (Phi) is 6.44. The predicted molar refractivity (Wildman–Crippen MR) is 78.1 cm³/mol. The molecule has 8 heteroatoms. The van der Waals surface area contributed by atoms with Crippen molar-refractivity contribution in [2.24, 2.45) is 0 Å². The van der Waals surface area contributed by atoms with Crippen molar-refractivity contribution in [1.82, 2.24) is 15.0 Å². The van der Waals surface area contributed by atoms with Gasteiger partial charge in [0.05, 0.1) is 6.61 Å². The molecule has 0 aliphatic rings. The van der Waals surface area contributed by atoms with Crippen molar-refractivity contribution < 1.29 is 9.53 Å². The lowest BCUT2D eigenvalue weighted by Gasteiger charge is -2.19. The molecule has 1 rings (SSSR count). The van der Waals surface area contributed by atoms with Crippen LogP contribution in [0, 0.1) is 0 Å². The maximum atomic E-state index is 11.6. The number of nitrogens with zero attached hydrogens (tertiary/aromatic N) is 4. The minimum Gasteiger partial charge on any atom is -0.464 e. The van der Waals surface area contributed by atoms with E-state index in [2.05, 4.69) is 20.3 Å². The summed E-state index contributed by atoms with van der Waals surface area (Å²) in [5.41, 5.74) is 0. The van der Waals surface area contributed by atoms with Crippen LogP contribution in [-0.2, 0) is 9.53 Å². The molecular formula is C12H20ClN5O2. The van der Waals surface area contributed by atoms with Crippen LogP contribution < -0.4 is 10.2 Å². The third-order valence-electron chi connectivity index (χ3n) is 2.63. The lowest BCUT2D eigenvalue weighted by Crippen LogP contribution is -2.30. The van der Waals surface area contributed by atoms with Gasteiger partial charge in [-0.05, 0) is 39.3 Å². The molecule has 1 N–H and O–H groups in total. The highest BCUT2D eigenvalue weighted by atomic mass is 35.5. The Hall–Kier alpha value is -1.63. The van der Waals surface area contributed by atoms with Gasteiger partial charge in [-0.15, -0.1) is 0 Å². The van der Waals surface area contributed by atoms with Crippen LogP contribution in [0.4, 0.5) is 11.9 Å². The molecule has 7 nitrogen and oxygen atoms in total. The third-order valence-corrected chi connectivity index (χ3v) is 2.80. The summed E-state index contributed by atoms with van der Waals surface area (Å²) in [6.45, 7) is 9.25. The smallest absolute Gasteiger partial charge is 0.328 e. The van der Waals surface area contributed by atoms with E-state index < -0.39 is 6.04 Å². The molecule has 0 aromatic carbocycles. The van der Waals surface area contributed by atoms with Crippen LogP contribution in [0.5, 0.6) is 0 Å². The Labute approximate surface area is 123 Å². The number of ether oxygens (including phenoxy) is 1. The summed E-state index contributed by atoms with van der Waals surface area (Å²) in [5.74, 6) is 0.370. The molecule has 1 atom stereocenters. The monoisotopic (exact) mass is 301 g/mol. The Bertz CT molecular complexity index is 453. The molecule has 0 saturated heterocycles. The Morgan fingerprint density at radius 3 is 2.50 bits per heavy atom. The topological polar surface area (TPSA) is 80.2 Å². The molecule has 0 spiro atoms. The minimum atomic E-state index is -0.557. The summed E-state index contributed by atoms with van der Waals surface area (Å²) in [4.78, 5) is 25.8. The van der Waals surface area contributed by atoms with Crippen LogP contribution in [0.3, 0.4) is 0 Å². The molecule has 0 aliphatic carbocycles. The van der Waals surface area contributed by atoms with Crippen molar-refractivity contribution in [1.29, 1.82) is 0 Å². The van der Waals surface area contributed by atoms with Gasteiger partial charge >= 0.3 is 5.97 Å². The van der Waals surface area contributed by atoms with Gasteiger partial charge in [0.2, 0.25) is 17.2 Å². The van der Waals surface area contributed by atoms with Crippen molar-refractivity contribution in [3.8, 4) is 0 Å². The number of esters is 1. The van der Waals surface area contributed by atoms with Crippen LogP contribution in [0.1, 0.15) is 27.7 Å². The molecule has 20 heavy (non-hydrogen) atoms. The second-order valence-electron chi connectivity index (χ2n) is 4.02. The predicted octanol–water partition coefficient (Wildman–Crippen LogP) is 1.73. The molecule has 112 valence electrons. The van der Waals surface area contributed by atoms with Crippen LogP contribution >= 0.6 is 11.6 Å². The first-order valence-electron chi connectivity index (χ1n) is 6.61. The molecule has 1 unspecified atom stereocenters. The van der Waals surface area contributed by atoms with Crippen LogP contribution in [0.25, 0.3) is 0 Å². The fourth-order valence-electron chi connectivity index (χ4n) is 1.57. The SMILES string of the molecule is CCOC(=O)C(C)Nc1nc(Cl)nc(N(CC)CC)n1. The highest BCUT2D eigenvalue weighted by Gasteiger charge is 2.17. The Morgan fingerprint density at radius 1 is 1.30 bits per heavy atom. The Balaban J connectivity index is 2.88. The van der Waals surface area contributed by atoms with Crippen LogP contribution in [0.2, 0.25) is 5.28 Å². The molecule has 1 aromatic rings. The van der Waals surface area contributed by atoms with E-state index >= 15 is 0 Å². The number of anilines is 2. The van der Waals surface area contributed by atoms with E-state index in [0.29, 0.717) is 12.6 Å². The van der Waals surface area contributed by atoms with Gasteiger partial charge in [0.1, 0.15) is 6.04 Å². The molecule has 0 aliphatic heterocycles. The third kappa shape index (κ3) is 4.48. The lowest BCUT2D eigenvalue weighted by atomic mass is 10.3. The number of hydrogen-bond acceptors (Lipinski definition) is 7. The van der Waals surface area contributed by atoms with Crippen molar-refractivity contribution >= 4 is 29.5 Å². The van der Waals surface area contributed by atoms with E-state index in [1.165, 1.54) is 0 Å². The largest absolute Gasteiger partial charge is 0.464 e. The Morgan fingerprint density at radius 2 is 1.95 bits per heavy atom. The molecule has 0 amide bonds. The number of carbonyl (C=O) groups is 1. The fraction of sp³-hybridized carbons (Fsp3) is 0.667. The van der Waals surface area contributed by atoms with Crippen molar-refractivity contribution in [3.63, 3.8) is 0 Å². The van der Waals surface area contributed by atoms with Gasteiger partial charge in [-0.2, -0.15) is 15.0 Å². The van der Waals surface area contributed by atoms with Crippen LogP contribution in [-0.4, -0.2) is 46.7 Å². The van der Waals surface area contributed by atoms with Crippen molar-refractivity contribution in [3.05, 3.63) is 5.28 Å². The van der Waals surface area contributed by atoms with Gasteiger partial charge in [0.15, 0.2) is 0 Å². The van der Waals surface area contributed by atoms with Gasteiger partial charge in [0, 0.05) is 13.1 Å². The molecule has 0 fully saturated rings. The van der Waals surface area contributed by atoms with Gasteiger partial charge in [0.25, 0.3) is 0 Å². The summed E-state index contributed by atoms with van der Waals surface area (Å²) < 4.78 is 4.91. The average Bonchev–Trinajstić information content (AvgIpc) is 2.39. The first-order valence-corrected chi connectivity index (χ1v) is 6.99. The standard InChI is InChI=1S/C12H20ClN5O2/c1-5-18(6-2)12-16-10(13)15-11(17-12)14-8(4)9(19)20-7-3/h8H,5-7H2,1-4H3,(H,14,15,16,17). The first kappa shape index (κ1) is 16.4. The zero-order chi connectivity index (χ0) is 15.1. The summed E-state index contributed by atoms with van der Waals surface area (Å²) in [6.07, 6.45) is 0. The van der Waals surface area contributed by atoms with Crippen molar-refractivity contribution in [2.75, 3.05) is 29.9 Å². The number of halogens is 1. The van der Waals surface area contributed by atoms with E-state index in [-0.39, 0.29) is 17.2 Å². The second-order valence-corrected chi connectivity index (χ2v) is 4.36. The minimum absolute atomic E-state index is 0.0838. The summed E-state index contributed by atoms with van der Waals surface area (Å²) in [5, 5.41) is 2.95.